The summed E-state index contributed by atoms with van der Waals surface area (Å²) in [6, 6.07) is 81.6. The molecule has 0 aliphatic rings. The summed E-state index contributed by atoms with van der Waals surface area (Å²) in [5, 5.41) is 2.22. The third kappa shape index (κ3) is 6.52. The van der Waals surface area contributed by atoms with Crippen molar-refractivity contribution in [3.63, 3.8) is 0 Å². The van der Waals surface area contributed by atoms with E-state index >= 15 is 0 Å². The molecule has 0 bridgehead atoms. The van der Waals surface area contributed by atoms with Crippen LogP contribution in [0.25, 0.3) is 55.3 Å². The summed E-state index contributed by atoms with van der Waals surface area (Å²) in [6.07, 6.45) is 0. The van der Waals surface area contributed by atoms with Crippen molar-refractivity contribution in [2.24, 2.45) is 0 Å². The highest BCUT2D eigenvalue weighted by Gasteiger charge is 2.20. The Hall–Kier alpha value is -7.62. The fraction of sp³-hybridized carbons (Fsp3) is 0. The first-order valence-electron chi connectivity index (χ1n) is 19.3. The summed E-state index contributed by atoms with van der Waals surface area (Å²) in [5.74, 6) is 0. The van der Waals surface area contributed by atoms with Crippen LogP contribution in [0.2, 0.25) is 0 Å². The van der Waals surface area contributed by atoms with Gasteiger partial charge in [0.2, 0.25) is 0 Å². The van der Waals surface area contributed by atoms with E-state index in [0.717, 1.165) is 78.3 Å². The predicted molar refractivity (Wildman–Crippen MR) is 239 cm³/mol. The highest BCUT2D eigenvalue weighted by atomic mass is 16.3. The predicted octanol–water partition coefficient (Wildman–Crippen LogP) is 15.5. The Balaban J connectivity index is 1.07. The van der Waals surface area contributed by atoms with Crippen LogP contribution in [-0.2, 0) is 0 Å². The van der Waals surface area contributed by atoms with Gasteiger partial charge in [-0.05, 0) is 106 Å². The second-order valence-corrected chi connectivity index (χ2v) is 14.1. The Morgan fingerprint density at radius 2 is 0.737 bits per heavy atom. The standard InChI is InChI=1S/C54H38N2O/c1-5-16-39(17-6-1)40-28-32-45(33-29-40)55(43-20-9-3-10-21-43)47-36-37-48(51(38-47)41-18-7-2-8-19-41)42-30-34-46(35-31-42)56(44-22-11-4-12-23-44)52-26-15-25-50-49-24-13-14-27-53(49)57-54(50)52/h1-38H. The van der Waals surface area contributed by atoms with Gasteiger partial charge < -0.3 is 14.2 Å². The molecule has 270 valence electrons. The maximum absolute atomic E-state index is 6.54. The molecule has 0 fully saturated rings. The van der Waals surface area contributed by atoms with E-state index in [4.69, 9.17) is 4.42 Å². The average Bonchev–Trinajstić information content (AvgIpc) is 3.68. The van der Waals surface area contributed by atoms with E-state index in [9.17, 15) is 0 Å². The van der Waals surface area contributed by atoms with Gasteiger partial charge in [0.25, 0.3) is 0 Å². The molecule has 0 amide bonds. The lowest BCUT2D eigenvalue weighted by Gasteiger charge is -2.27. The highest BCUT2D eigenvalue weighted by molar-refractivity contribution is 6.10. The van der Waals surface area contributed by atoms with Crippen LogP contribution in [-0.4, -0.2) is 0 Å². The molecule has 0 N–H and O–H groups in total. The number of hydrogen-bond acceptors (Lipinski definition) is 3. The first-order chi connectivity index (χ1) is 28.3. The van der Waals surface area contributed by atoms with Crippen molar-refractivity contribution in [2.45, 2.75) is 0 Å². The van der Waals surface area contributed by atoms with Crippen molar-refractivity contribution in [2.75, 3.05) is 9.80 Å². The molecule has 0 saturated carbocycles. The van der Waals surface area contributed by atoms with Crippen molar-refractivity contribution in [3.05, 3.63) is 231 Å². The Morgan fingerprint density at radius 3 is 1.40 bits per heavy atom. The molecule has 0 spiro atoms. The Labute approximate surface area is 333 Å². The summed E-state index contributed by atoms with van der Waals surface area (Å²) in [5.41, 5.74) is 15.1. The largest absolute Gasteiger partial charge is 0.454 e. The molecule has 1 heterocycles. The molecular formula is C54H38N2O. The van der Waals surface area contributed by atoms with E-state index < -0.39 is 0 Å². The number of benzene rings is 9. The van der Waals surface area contributed by atoms with E-state index in [1.165, 1.54) is 11.1 Å². The van der Waals surface area contributed by atoms with Crippen molar-refractivity contribution in [3.8, 4) is 33.4 Å². The second kappa shape index (κ2) is 14.9. The number of rotatable bonds is 9. The minimum atomic E-state index is 0.867. The van der Waals surface area contributed by atoms with Gasteiger partial charge in [0.05, 0.1) is 5.69 Å². The lowest BCUT2D eigenvalue weighted by molar-refractivity contribution is 0.669. The lowest BCUT2D eigenvalue weighted by atomic mass is 9.93. The Kier molecular flexibility index (Phi) is 8.86. The van der Waals surface area contributed by atoms with Gasteiger partial charge in [0, 0.05) is 39.2 Å². The van der Waals surface area contributed by atoms with E-state index in [1.54, 1.807) is 0 Å². The van der Waals surface area contributed by atoms with Crippen LogP contribution in [0.4, 0.5) is 34.1 Å². The van der Waals surface area contributed by atoms with E-state index in [0.29, 0.717) is 0 Å². The molecule has 10 rings (SSSR count). The molecule has 1 aromatic heterocycles. The molecule has 0 saturated heterocycles. The topological polar surface area (TPSA) is 19.6 Å². The lowest BCUT2D eigenvalue weighted by Crippen LogP contribution is -2.10. The summed E-state index contributed by atoms with van der Waals surface area (Å²) in [4.78, 5) is 4.63. The molecule has 10 aromatic rings. The number of para-hydroxylation sites is 4. The van der Waals surface area contributed by atoms with Gasteiger partial charge in [-0.3, -0.25) is 0 Å². The van der Waals surface area contributed by atoms with Gasteiger partial charge in [-0.25, -0.2) is 0 Å². The van der Waals surface area contributed by atoms with Crippen molar-refractivity contribution in [1.29, 1.82) is 0 Å². The van der Waals surface area contributed by atoms with Gasteiger partial charge in [0.1, 0.15) is 5.58 Å². The van der Waals surface area contributed by atoms with Crippen LogP contribution >= 0.6 is 0 Å². The molecular weight excluding hydrogens is 693 g/mol. The van der Waals surface area contributed by atoms with Crippen LogP contribution in [0, 0.1) is 0 Å². The normalized spacial score (nSPS) is 11.2. The van der Waals surface area contributed by atoms with Crippen molar-refractivity contribution in [1.82, 2.24) is 0 Å². The molecule has 0 atom stereocenters. The molecule has 57 heavy (non-hydrogen) atoms. The van der Waals surface area contributed by atoms with Crippen molar-refractivity contribution < 1.29 is 4.42 Å². The third-order valence-corrected chi connectivity index (χ3v) is 10.7. The molecule has 0 radical (unpaired) electrons. The number of hydrogen-bond donors (Lipinski definition) is 0. The molecule has 3 heteroatoms. The van der Waals surface area contributed by atoms with Crippen LogP contribution in [0.5, 0.6) is 0 Å². The second-order valence-electron chi connectivity index (χ2n) is 14.1. The van der Waals surface area contributed by atoms with Gasteiger partial charge in [-0.2, -0.15) is 0 Å². The number of furan rings is 1. The zero-order chi connectivity index (χ0) is 38.0. The minimum absolute atomic E-state index is 0.867. The molecule has 9 aromatic carbocycles. The summed E-state index contributed by atoms with van der Waals surface area (Å²) in [6.45, 7) is 0. The van der Waals surface area contributed by atoms with E-state index in [1.807, 2.05) is 12.1 Å². The first-order valence-corrected chi connectivity index (χ1v) is 19.3. The first kappa shape index (κ1) is 33.9. The zero-order valence-electron chi connectivity index (χ0n) is 31.2. The average molecular weight is 731 g/mol. The fourth-order valence-electron chi connectivity index (χ4n) is 7.94. The third-order valence-electron chi connectivity index (χ3n) is 10.7. The van der Waals surface area contributed by atoms with Gasteiger partial charge in [-0.15, -0.1) is 0 Å². The Bertz CT molecular complexity index is 2920. The summed E-state index contributed by atoms with van der Waals surface area (Å²) < 4.78 is 6.54. The highest BCUT2D eigenvalue weighted by Crippen LogP contribution is 2.44. The molecule has 0 unspecified atom stereocenters. The number of nitrogens with zero attached hydrogens (tertiary/aromatic N) is 2. The zero-order valence-corrected chi connectivity index (χ0v) is 31.2. The quantitative estimate of drug-likeness (QED) is 0.147. The minimum Gasteiger partial charge on any atom is -0.454 e. The number of anilines is 6. The van der Waals surface area contributed by atoms with Crippen LogP contribution < -0.4 is 9.80 Å². The van der Waals surface area contributed by atoms with Gasteiger partial charge in [-0.1, -0.05) is 158 Å². The maximum Gasteiger partial charge on any atom is 0.159 e. The molecule has 3 nitrogen and oxygen atoms in total. The summed E-state index contributed by atoms with van der Waals surface area (Å²) >= 11 is 0. The van der Waals surface area contributed by atoms with E-state index in [2.05, 4.69) is 228 Å². The van der Waals surface area contributed by atoms with Crippen LogP contribution in [0.1, 0.15) is 0 Å². The SMILES string of the molecule is c1ccc(-c2ccc(N(c3ccccc3)c3ccc(-c4ccc(N(c5ccccc5)c5cccc6c5oc5ccccc56)cc4)c(-c4ccccc4)c3)cc2)cc1. The molecule has 0 aliphatic carbocycles. The smallest absolute Gasteiger partial charge is 0.159 e. The molecule has 0 aliphatic heterocycles. The fourth-order valence-corrected chi connectivity index (χ4v) is 7.94. The Morgan fingerprint density at radius 1 is 0.281 bits per heavy atom. The van der Waals surface area contributed by atoms with Crippen molar-refractivity contribution >= 4 is 56.1 Å². The number of fused-ring (bicyclic) bond motifs is 3. The van der Waals surface area contributed by atoms with Crippen LogP contribution in [0.3, 0.4) is 0 Å². The summed E-state index contributed by atoms with van der Waals surface area (Å²) in [7, 11) is 0. The monoisotopic (exact) mass is 730 g/mol. The van der Waals surface area contributed by atoms with Crippen LogP contribution in [0.15, 0.2) is 235 Å². The van der Waals surface area contributed by atoms with E-state index in [-0.39, 0.29) is 0 Å². The van der Waals surface area contributed by atoms with Gasteiger partial charge >= 0.3 is 0 Å². The maximum atomic E-state index is 6.54. The van der Waals surface area contributed by atoms with Gasteiger partial charge in [0.15, 0.2) is 5.58 Å².